The smallest absolute Gasteiger partial charge is 0.255 e. The van der Waals surface area contributed by atoms with Crippen LogP contribution in [-0.4, -0.2) is 59.7 Å². The molecule has 3 aliphatic heterocycles. The Morgan fingerprint density at radius 3 is 2.39 bits per heavy atom. The summed E-state index contributed by atoms with van der Waals surface area (Å²) in [6.45, 7) is 3.36. The summed E-state index contributed by atoms with van der Waals surface area (Å²) in [5, 5.41) is 2.31. The Morgan fingerprint density at radius 2 is 1.70 bits per heavy atom. The number of benzene rings is 2. The van der Waals surface area contributed by atoms with Gasteiger partial charge in [-0.2, -0.15) is 0 Å². The number of imide groups is 1. The fraction of sp³-hybridized carbons (Fsp3) is 0.375. The maximum atomic E-state index is 14.1. The molecule has 9 heteroatoms. The lowest BCUT2D eigenvalue weighted by Crippen LogP contribution is -2.52. The number of nitrogens with one attached hydrogen (secondary N) is 1. The van der Waals surface area contributed by atoms with Gasteiger partial charge in [0, 0.05) is 51.3 Å². The summed E-state index contributed by atoms with van der Waals surface area (Å²) in [5.41, 5.74) is 2.52. The van der Waals surface area contributed by atoms with Crippen LogP contribution in [0.4, 0.5) is 14.5 Å². The van der Waals surface area contributed by atoms with E-state index in [0.29, 0.717) is 51.3 Å². The Kier molecular flexibility index (Phi) is 5.57. The van der Waals surface area contributed by atoms with Crippen LogP contribution in [0, 0.1) is 11.6 Å². The number of piperidine rings is 1. The van der Waals surface area contributed by atoms with Gasteiger partial charge in [0.25, 0.3) is 5.91 Å². The van der Waals surface area contributed by atoms with E-state index in [9.17, 15) is 23.2 Å². The number of fused-ring (bicyclic) bond motifs is 1. The summed E-state index contributed by atoms with van der Waals surface area (Å²) in [4.78, 5) is 42.0. The number of carbonyl (C=O) groups is 3. The third-order valence-corrected chi connectivity index (χ3v) is 6.62. The number of hydrogen-bond acceptors (Lipinski definition) is 5. The number of amides is 3. The number of carbonyl (C=O) groups excluding carboxylic acids is 3. The molecule has 0 spiro atoms. The molecule has 172 valence electrons. The number of rotatable bonds is 4. The van der Waals surface area contributed by atoms with Crippen LogP contribution >= 0.6 is 0 Å². The molecule has 2 aromatic rings. The van der Waals surface area contributed by atoms with E-state index in [2.05, 4.69) is 10.2 Å². The number of anilines is 1. The van der Waals surface area contributed by atoms with Gasteiger partial charge >= 0.3 is 0 Å². The van der Waals surface area contributed by atoms with Gasteiger partial charge in [0.15, 0.2) is 0 Å². The summed E-state index contributed by atoms with van der Waals surface area (Å²) >= 11 is 0. The van der Waals surface area contributed by atoms with Crippen molar-refractivity contribution in [2.24, 2.45) is 0 Å². The minimum atomic E-state index is -0.627. The van der Waals surface area contributed by atoms with Crippen LogP contribution in [0.2, 0.25) is 0 Å². The number of piperazine rings is 1. The average molecular weight is 454 g/mol. The lowest BCUT2D eigenvalue weighted by Gasteiger charge is -2.36. The second kappa shape index (κ2) is 8.55. The third-order valence-electron chi connectivity index (χ3n) is 6.62. The summed E-state index contributed by atoms with van der Waals surface area (Å²) in [6, 6.07) is 8.98. The molecule has 2 fully saturated rings. The van der Waals surface area contributed by atoms with E-state index in [1.807, 2.05) is 12.1 Å². The minimum absolute atomic E-state index is 0.0294. The molecule has 0 aromatic heterocycles. The van der Waals surface area contributed by atoms with Crippen LogP contribution < -0.4 is 10.2 Å². The van der Waals surface area contributed by atoms with Gasteiger partial charge in [-0.15, -0.1) is 0 Å². The SMILES string of the molecule is O=C1CCC(N2Cc3cc(CN4CCN(c5c(F)cccc5F)CC4)ccc3C2=O)C(=O)N1. The van der Waals surface area contributed by atoms with E-state index >= 15 is 0 Å². The van der Waals surface area contributed by atoms with Crippen LogP contribution in [0.5, 0.6) is 0 Å². The fourth-order valence-corrected chi connectivity index (χ4v) is 4.91. The van der Waals surface area contributed by atoms with Crippen molar-refractivity contribution in [2.45, 2.75) is 32.0 Å². The molecule has 0 radical (unpaired) electrons. The Balaban J connectivity index is 1.23. The average Bonchev–Trinajstić information content (AvgIpc) is 3.10. The largest absolute Gasteiger partial charge is 0.364 e. The number of para-hydroxylation sites is 1. The highest BCUT2D eigenvalue weighted by Gasteiger charge is 2.39. The lowest BCUT2D eigenvalue weighted by molar-refractivity contribution is -0.136. The van der Waals surface area contributed by atoms with Crippen molar-refractivity contribution in [3.8, 4) is 0 Å². The van der Waals surface area contributed by atoms with Crippen LogP contribution in [-0.2, 0) is 22.7 Å². The van der Waals surface area contributed by atoms with Crippen LogP contribution in [0.25, 0.3) is 0 Å². The molecular formula is C24H24F2N4O3. The zero-order valence-corrected chi connectivity index (χ0v) is 18.0. The van der Waals surface area contributed by atoms with Crippen molar-refractivity contribution in [3.63, 3.8) is 0 Å². The van der Waals surface area contributed by atoms with Gasteiger partial charge in [0.05, 0.1) is 0 Å². The van der Waals surface area contributed by atoms with Gasteiger partial charge in [0.2, 0.25) is 11.8 Å². The van der Waals surface area contributed by atoms with E-state index in [-0.39, 0.29) is 23.9 Å². The molecule has 0 bridgehead atoms. The third kappa shape index (κ3) is 4.08. The van der Waals surface area contributed by atoms with Gasteiger partial charge in [-0.1, -0.05) is 18.2 Å². The molecule has 3 amide bonds. The van der Waals surface area contributed by atoms with Crippen LogP contribution in [0.3, 0.4) is 0 Å². The Labute approximate surface area is 189 Å². The van der Waals surface area contributed by atoms with Crippen molar-refractivity contribution >= 4 is 23.4 Å². The summed E-state index contributed by atoms with van der Waals surface area (Å²) in [5.74, 6) is -2.01. The first-order valence-corrected chi connectivity index (χ1v) is 11.1. The topological polar surface area (TPSA) is 73.0 Å². The monoisotopic (exact) mass is 454 g/mol. The fourth-order valence-electron chi connectivity index (χ4n) is 4.91. The van der Waals surface area contributed by atoms with Crippen molar-refractivity contribution in [1.82, 2.24) is 15.1 Å². The quantitative estimate of drug-likeness (QED) is 0.716. The highest BCUT2D eigenvalue weighted by atomic mass is 19.1. The Hall–Kier alpha value is -3.33. The maximum absolute atomic E-state index is 14.1. The molecule has 5 rings (SSSR count). The van der Waals surface area contributed by atoms with E-state index in [0.717, 1.165) is 11.1 Å². The second-order valence-corrected chi connectivity index (χ2v) is 8.72. The van der Waals surface area contributed by atoms with Crippen LogP contribution in [0.15, 0.2) is 36.4 Å². The van der Waals surface area contributed by atoms with Crippen molar-refractivity contribution in [1.29, 1.82) is 0 Å². The van der Waals surface area contributed by atoms with E-state index < -0.39 is 23.6 Å². The zero-order chi connectivity index (χ0) is 23.1. The highest BCUT2D eigenvalue weighted by Crippen LogP contribution is 2.29. The molecule has 33 heavy (non-hydrogen) atoms. The molecule has 1 atom stereocenters. The highest BCUT2D eigenvalue weighted by molar-refractivity contribution is 6.05. The Bertz CT molecular complexity index is 1110. The predicted octanol–water partition coefficient (Wildman–Crippen LogP) is 2.05. The molecule has 3 heterocycles. The normalized spacial score (nSPS) is 21.4. The van der Waals surface area contributed by atoms with Gasteiger partial charge < -0.3 is 9.80 Å². The second-order valence-electron chi connectivity index (χ2n) is 8.72. The molecule has 7 nitrogen and oxygen atoms in total. The molecule has 2 saturated heterocycles. The van der Waals surface area contributed by atoms with E-state index in [1.165, 1.54) is 23.1 Å². The summed E-state index contributed by atoms with van der Waals surface area (Å²) in [6.07, 6.45) is 0.564. The van der Waals surface area contributed by atoms with Gasteiger partial charge in [0.1, 0.15) is 23.4 Å². The van der Waals surface area contributed by atoms with Gasteiger partial charge in [-0.05, 0) is 35.7 Å². The standard InChI is InChI=1S/C24H24F2N4O3/c25-18-2-1-3-19(26)22(18)29-10-8-28(9-11-29)13-15-4-5-17-16(12-15)14-30(24(17)33)20-6-7-21(31)27-23(20)32/h1-5,12,20H,6-11,13-14H2,(H,27,31,32). The molecule has 1 N–H and O–H groups in total. The summed E-state index contributed by atoms with van der Waals surface area (Å²) < 4.78 is 28.2. The molecular weight excluding hydrogens is 430 g/mol. The first-order valence-electron chi connectivity index (χ1n) is 11.1. The predicted molar refractivity (Wildman–Crippen MR) is 116 cm³/mol. The van der Waals surface area contributed by atoms with Crippen molar-refractivity contribution < 1.29 is 23.2 Å². The molecule has 3 aliphatic rings. The van der Waals surface area contributed by atoms with E-state index in [1.54, 1.807) is 11.0 Å². The van der Waals surface area contributed by atoms with E-state index in [4.69, 9.17) is 0 Å². The first-order chi connectivity index (χ1) is 15.9. The number of halogens is 2. The molecule has 2 aromatic carbocycles. The van der Waals surface area contributed by atoms with Gasteiger partial charge in [-0.25, -0.2) is 8.78 Å². The minimum Gasteiger partial charge on any atom is -0.364 e. The summed E-state index contributed by atoms with van der Waals surface area (Å²) in [7, 11) is 0. The number of nitrogens with zero attached hydrogens (tertiary/aromatic N) is 3. The maximum Gasteiger partial charge on any atom is 0.255 e. The molecule has 1 unspecified atom stereocenters. The van der Waals surface area contributed by atoms with Crippen molar-refractivity contribution in [2.75, 3.05) is 31.1 Å². The van der Waals surface area contributed by atoms with Gasteiger partial charge in [-0.3, -0.25) is 24.6 Å². The molecule has 0 saturated carbocycles. The Morgan fingerprint density at radius 1 is 0.970 bits per heavy atom. The zero-order valence-electron chi connectivity index (χ0n) is 18.0. The number of hydrogen-bond donors (Lipinski definition) is 1. The molecule has 0 aliphatic carbocycles. The van der Waals surface area contributed by atoms with Crippen molar-refractivity contribution in [3.05, 3.63) is 64.7 Å². The van der Waals surface area contributed by atoms with Crippen LogP contribution in [0.1, 0.15) is 34.3 Å². The first kappa shape index (κ1) is 21.5. The lowest BCUT2D eigenvalue weighted by atomic mass is 10.0.